The number of nitrogens with two attached hydrogens (primary N) is 1. The average Bonchev–Trinajstić information content (AvgIpc) is 2.82. The monoisotopic (exact) mass is 323 g/mol. The molecule has 0 unspecified atom stereocenters. The molecule has 0 aliphatic heterocycles. The van der Waals surface area contributed by atoms with Crippen molar-refractivity contribution in [3.8, 4) is 11.5 Å². The van der Waals surface area contributed by atoms with Crippen LogP contribution in [0.5, 0.6) is 11.5 Å². The van der Waals surface area contributed by atoms with Crippen molar-refractivity contribution in [2.45, 2.75) is 26.3 Å². The molecule has 0 spiro atoms. The molecule has 0 radical (unpaired) electrons. The second-order valence-corrected chi connectivity index (χ2v) is 5.56. The van der Waals surface area contributed by atoms with Gasteiger partial charge >= 0.3 is 0 Å². The second-order valence-electron chi connectivity index (χ2n) is 4.64. The lowest BCUT2D eigenvalue weighted by molar-refractivity contribution is 0.471. The van der Waals surface area contributed by atoms with Crippen molar-refractivity contribution in [1.29, 1.82) is 0 Å². The number of halogens is 1. The smallest absolute Gasteiger partial charge is 0.165 e. The lowest BCUT2D eigenvalue weighted by Crippen LogP contribution is -2.04. The minimum Gasteiger partial charge on any atom is -0.454 e. The summed E-state index contributed by atoms with van der Waals surface area (Å²) in [6.07, 6.45) is 4.42. The van der Waals surface area contributed by atoms with Crippen LogP contribution in [0.25, 0.3) is 0 Å². The molecule has 2 aromatic rings. The number of benzene rings is 1. The first-order valence-electron chi connectivity index (χ1n) is 6.30. The van der Waals surface area contributed by atoms with Gasteiger partial charge in [-0.2, -0.15) is 5.10 Å². The van der Waals surface area contributed by atoms with Gasteiger partial charge in [0, 0.05) is 10.5 Å². The zero-order chi connectivity index (χ0) is 13.8. The van der Waals surface area contributed by atoms with Crippen LogP contribution in [0.15, 0.2) is 35.1 Å². The van der Waals surface area contributed by atoms with Crippen molar-refractivity contribution in [1.82, 2.24) is 9.78 Å². The first-order valence-corrected chi connectivity index (χ1v) is 7.10. The lowest BCUT2D eigenvalue weighted by atomic mass is 10.1. The minimum atomic E-state index is 0.325. The molecule has 0 aliphatic carbocycles. The van der Waals surface area contributed by atoms with Gasteiger partial charge in [0.2, 0.25) is 0 Å². The standard InChI is InChI=1S/C14H18BrN3O/c1-10(2)18-9-13(8-17-18)19-14-4-3-12(15)7-11(14)5-6-16/h3-4,7-10H,5-6,16H2,1-2H3. The molecule has 0 bridgehead atoms. The Bertz CT molecular complexity index is 551. The van der Waals surface area contributed by atoms with Crippen molar-refractivity contribution in [2.75, 3.05) is 6.54 Å². The van der Waals surface area contributed by atoms with Crippen LogP contribution in [0.3, 0.4) is 0 Å². The third-order valence-electron chi connectivity index (χ3n) is 2.77. The second kappa shape index (κ2) is 6.21. The van der Waals surface area contributed by atoms with Crippen LogP contribution in [0.4, 0.5) is 0 Å². The molecule has 2 rings (SSSR count). The molecule has 1 heterocycles. The Morgan fingerprint density at radius 3 is 2.84 bits per heavy atom. The van der Waals surface area contributed by atoms with Crippen LogP contribution in [0.1, 0.15) is 25.5 Å². The Morgan fingerprint density at radius 2 is 2.21 bits per heavy atom. The van der Waals surface area contributed by atoms with Gasteiger partial charge in [-0.15, -0.1) is 0 Å². The molecule has 2 N–H and O–H groups in total. The molecular formula is C14H18BrN3O. The summed E-state index contributed by atoms with van der Waals surface area (Å²) in [4.78, 5) is 0. The minimum absolute atomic E-state index is 0.325. The summed E-state index contributed by atoms with van der Waals surface area (Å²) >= 11 is 3.46. The fraction of sp³-hybridized carbons (Fsp3) is 0.357. The van der Waals surface area contributed by atoms with E-state index in [2.05, 4.69) is 34.9 Å². The fourth-order valence-corrected chi connectivity index (χ4v) is 2.19. The van der Waals surface area contributed by atoms with E-state index in [1.165, 1.54) is 0 Å². The Hall–Kier alpha value is -1.33. The van der Waals surface area contributed by atoms with Gasteiger partial charge in [-0.05, 0) is 50.6 Å². The van der Waals surface area contributed by atoms with Gasteiger partial charge in [0.15, 0.2) is 5.75 Å². The van der Waals surface area contributed by atoms with E-state index in [1.807, 2.05) is 29.1 Å². The van der Waals surface area contributed by atoms with Crippen LogP contribution in [-0.2, 0) is 6.42 Å². The third-order valence-corrected chi connectivity index (χ3v) is 3.26. The highest BCUT2D eigenvalue weighted by atomic mass is 79.9. The number of rotatable bonds is 5. The highest BCUT2D eigenvalue weighted by Gasteiger charge is 2.08. The highest BCUT2D eigenvalue weighted by molar-refractivity contribution is 9.10. The zero-order valence-electron chi connectivity index (χ0n) is 11.1. The van der Waals surface area contributed by atoms with Crippen LogP contribution in [0, 0.1) is 0 Å². The summed E-state index contributed by atoms with van der Waals surface area (Å²) < 4.78 is 8.79. The molecule has 1 aromatic carbocycles. The summed E-state index contributed by atoms with van der Waals surface area (Å²) in [5.41, 5.74) is 6.72. The zero-order valence-corrected chi connectivity index (χ0v) is 12.7. The molecule has 0 saturated heterocycles. The average molecular weight is 324 g/mol. The highest BCUT2D eigenvalue weighted by Crippen LogP contribution is 2.28. The topological polar surface area (TPSA) is 53.1 Å². The van der Waals surface area contributed by atoms with Gasteiger partial charge in [-0.1, -0.05) is 15.9 Å². The Balaban J connectivity index is 2.21. The van der Waals surface area contributed by atoms with E-state index in [9.17, 15) is 0 Å². The number of aromatic nitrogens is 2. The normalized spacial score (nSPS) is 11.0. The van der Waals surface area contributed by atoms with Crippen molar-refractivity contribution < 1.29 is 4.74 Å². The predicted molar refractivity (Wildman–Crippen MR) is 79.6 cm³/mol. The molecule has 5 heteroatoms. The van der Waals surface area contributed by atoms with Crippen LogP contribution < -0.4 is 10.5 Å². The molecule has 0 amide bonds. The van der Waals surface area contributed by atoms with Gasteiger partial charge < -0.3 is 10.5 Å². The Labute approximate surface area is 121 Å². The van der Waals surface area contributed by atoms with Crippen molar-refractivity contribution in [2.24, 2.45) is 5.73 Å². The summed E-state index contributed by atoms with van der Waals surface area (Å²) in [5.74, 6) is 1.58. The van der Waals surface area contributed by atoms with E-state index in [-0.39, 0.29) is 0 Å². The van der Waals surface area contributed by atoms with E-state index < -0.39 is 0 Å². The molecule has 1 aromatic heterocycles. The fourth-order valence-electron chi connectivity index (χ4n) is 1.78. The largest absolute Gasteiger partial charge is 0.454 e. The van der Waals surface area contributed by atoms with Gasteiger partial charge in [0.1, 0.15) is 5.75 Å². The number of hydrogen-bond acceptors (Lipinski definition) is 3. The summed E-state index contributed by atoms with van der Waals surface area (Å²) in [6.45, 7) is 4.75. The van der Waals surface area contributed by atoms with E-state index in [1.54, 1.807) is 6.20 Å². The number of ether oxygens (including phenoxy) is 1. The first-order chi connectivity index (χ1) is 9.10. The van der Waals surface area contributed by atoms with Gasteiger partial charge in [0.05, 0.1) is 12.4 Å². The predicted octanol–water partition coefficient (Wildman–Crippen LogP) is 3.52. The number of nitrogens with zero attached hydrogens (tertiary/aromatic N) is 2. The van der Waals surface area contributed by atoms with Crippen LogP contribution in [-0.4, -0.2) is 16.3 Å². The quantitative estimate of drug-likeness (QED) is 0.915. The van der Waals surface area contributed by atoms with E-state index >= 15 is 0 Å². The lowest BCUT2D eigenvalue weighted by Gasteiger charge is -2.09. The molecule has 19 heavy (non-hydrogen) atoms. The third kappa shape index (κ3) is 3.58. The SMILES string of the molecule is CC(C)n1cc(Oc2ccc(Br)cc2CCN)cn1. The van der Waals surface area contributed by atoms with Crippen LogP contribution >= 0.6 is 15.9 Å². The maximum atomic E-state index is 5.89. The maximum absolute atomic E-state index is 5.89. The first kappa shape index (κ1) is 14.1. The summed E-state index contributed by atoms with van der Waals surface area (Å²) in [5, 5.41) is 4.26. The molecule has 102 valence electrons. The van der Waals surface area contributed by atoms with Gasteiger partial charge in [-0.3, -0.25) is 4.68 Å². The molecular weight excluding hydrogens is 306 g/mol. The molecule has 0 aliphatic rings. The van der Waals surface area contributed by atoms with E-state index in [4.69, 9.17) is 10.5 Å². The van der Waals surface area contributed by atoms with E-state index in [0.717, 1.165) is 28.0 Å². The van der Waals surface area contributed by atoms with E-state index in [0.29, 0.717) is 12.6 Å². The molecule has 0 atom stereocenters. The maximum Gasteiger partial charge on any atom is 0.165 e. The molecule has 0 fully saturated rings. The van der Waals surface area contributed by atoms with Crippen molar-refractivity contribution >= 4 is 15.9 Å². The van der Waals surface area contributed by atoms with Crippen LogP contribution in [0.2, 0.25) is 0 Å². The van der Waals surface area contributed by atoms with Crippen molar-refractivity contribution in [3.05, 3.63) is 40.6 Å². The molecule has 0 saturated carbocycles. The number of hydrogen-bond donors (Lipinski definition) is 1. The Kier molecular flexibility index (Phi) is 4.61. The van der Waals surface area contributed by atoms with Gasteiger partial charge in [0.25, 0.3) is 0 Å². The summed E-state index contributed by atoms with van der Waals surface area (Å²) in [7, 11) is 0. The molecule has 4 nitrogen and oxygen atoms in total. The van der Waals surface area contributed by atoms with Crippen molar-refractivity contribution in [3.63, 3.8) is 0 Å². The van der Waals surface area contributed by atoms with Gasteiger partial charge in [-0.25, -0.2) is 0 Å². The summed E-state index contributed by atoms with van der Waals surface area (Å²) in [6, 6.07) is 6.27. The Morgan fingerprint density at radius 1 is 1.42 bits per heavy atom.